The van der Waals surface area contributed by atoms with Crippen LogP contribution >= 0.6 is 0 Å². The minimum absolute atomic E-state index is 0.00222. The molecule has 3 aromatic heterocycles. The topological polar surface area (TPSA) is 113 Å². The lowest BCUT2D eigenvalue weighted by Gasteiger charge is -2.39. The van der Waals surface area contributed by atoms with E-state index in [1.165, 1.54) is 12.8 Å². The van der Waals surface area contributed by atoms with E-state index in [1.807, 2.05) is 29.8 Å². The second kappa shape index (κ2) is 12.4. The predicted octanol–water partition coefficient (Wildman–Crippen LogP) is 8.50. The van der Waals surface area contributed by atoms with Crippen LogP contribution in [0.3, 0.4) is 0 Å². The molecule has 1 saturated heterocycles. The van der Waals surface area contributed by atoms with Crippen molar-refractivity contribution in [3.63, 3.8) is 0 Å². The second-order valence-electron chi connectivity index (χ2n) is 16.6. The summed E-state index contributed by atoms with van der Waals surface area (Å²) in [7, 11) is -0.343. The number of aromatic nitrogens is 5. The van der Waals surface area contributed by atoms with E-state index in [0.29, 0.717) is 39.9 Å². The lowest BCUT2D eigenvalue weighted by atomic mass is 9.98. The maximum absolute atomic E-state index is 14.7. The zero-order chi connectivity index (χ0) is 36.6. The number of amides is 1. The molecule has 10 nitrogen and oxygen atoms in total. The average molecular weight is 711 g/mol. The smallest absolute Gasteiger partial charge is 0.264 e. The summed E-state index contributed by atoms with van der Waals surface area (Å²) >= 11 is 0. The van der Waals surface area contributed by atoms with Crippen molar-refractivity contribution in [3.8, 4) is 28.7 Å². The fourth-order valence-corrected chi connectivity index (χ4v) is 9.27. The number of nitriles is 1. The van der Waals surface area contributed by atoms with E-state index in [0.717, 1.165) is 65.8 Å². The molecule has 0 radical (unpaired) electrons. The molecule has 11 heteroatoms. The second-order valence-corrected chi connectivity index (χ2v) is 21.3. The molecule has 52 heavy (non-hydrogen) atoms. The summed E-state index contributed by atoms with van der Waals surface area (Å²) in [6.07, 6.45) is 7.37. The lowest BCUT2D eigenvalue weighted by Crippen LogP contribution is -2.44. The van der Waals surface area contributed by atoms with Gasteiger partial charge in [0.05, 0.1) is 33.8 Å². The molecular weight excluding hydrogens is 665 g/mol. The summed E-state index contributed by atoms with van der Waals surface area (Å²) in [6.45, 7) is 16.6. The maximum atomic E-state index is 14.7. The minimum atomic E-state index is -2.21. The third-order valence-electron chi connectivity index (χ3n) is 11.5. The van der Waals surface area contributed by atoms with Gasteiger partial charge in [-0.25, -0.2) is 4.98 Å². The molecule has 2 aromatic carbocycles. The Labute approximate surface area is 306 Å². The number of piperidine rings is 1. The molecule has 1 amide bonds. The van der Waals surface area contributed by atoms with Gasteiger partial charge in [0, 0.05) is 42.8 Å². The number of aryl methyl sites for hydroxylation is 1. The average Bonchev–Trinajstić information content (AvgIpc) is 3.65. The Morgan fingerprint density at radius 2 is 1.90 bits per heavy atom. The van der Waals surface area contributed by atoms with Gasteiger partial charge in [-0.1, -0.05) is 39.8 Å². The summed E-state index contributed by atoms with van der Waals surface area (Å²) < 4.78 is 8.99. The Kier molecular flexibility index (Phi) is 8.21. The number of likely N-dealkylation sites (tertiary alicyclic amines) is 1. The first kappa shape index (κ1) is 34.3. The molecule has 1 atom stereocenters. The van der Waals surface area contributed by atoms with Crippen LogP contribution in [-0.2, 0) is 23.6 Å². The number of anilines is 2. The van der Waals surface area contributed by atoms with Gasteiger partial charge < -0.3 is 8.99 Å². The Hall–Kier alpha value is -4.76. The van der Waals surface area contributed by atoms with Gasteiger partial charge in [-0.2, -0.15) is 5.26 Å². The Morgan fingerprint density at radius 1 is 1.10 bits per heavy atom. The molecule has 8 rings (SSSR count). The SMILES string of the molecule is C[C@H]1CCCN(Cc2cc3c4c(cccc4c2)N(c2cc(-c4ncc(C#N)cc4-c4nncn4C)cc(C4(O[Si](C)(C)C(C)(C)C)CC4)n2)C3=O)C1. The van der Waals surface area contributed by atoms with E-state index in [2.05, 4.69) is 86.2 Å². The molecule has 3 aliphatic rings. The zero-order valence-corrected chi connectivity index (χ0v) is 32.2. The van der Waals surface area contributed by atoms with Gasteiger partial charge >= 0.3 is 0 Å². The molecule has 0 spiro atoms. The van der Waals surface area contributed by atoms with E-state index >= 15 is 0 Å². The van der Waals surface area contributed by atoms with Crippen molar-refractivity contribution >= 4 is 36.5 Å². The van der Waals surface area contributed by atoms with E-state index in [9.17, 15) is 10.1 Å². The minimum Gasteiger partial charge on any atom is -0.406 e. The van der Waals surface area contributed by atoms with Crippen LogP contribution in [0.2, 0.25) is 18.1 Å². The Balaban J connectivity index is 1.28. The molecule has 1 aliphatic carbocycles. The normalized spacial score (nSPS) is 18.6. The van der Waals surface area contributed by atoms with E-state index in [-0.39, 0.29) is 10.9 Å². The number of rotatable bonds is 8. The Bertz CT molecular complexity index is 2280. The van der Waals surface area contributed by atoms with Gasteiger partial charge in [-0.15, -0.1) is 10.2 Å². The zero-order valence-electron chi connectivity index (χ0n) is 31.2. The first-order valence-electron chi connectivity index (χ1n) is 18.4. The molecule has 2 fully saturated rings. The van der Waals surface area contributed by atoms with Crippen LogP contribution in [0.4, 0.5) is 11.5 Å². The van der Waals surface area contributed by atoms with E-state index < -0.39 is 13.9 Å². The summed E-state index contributed by atoms with van der Waals surface area (Å²) in [5.41, 5.74) is 5.39. The fourth-order valence-electron chi connectivity index (χ4n) is 7.68. The molecule has 1 saturated carbocycles. The molecule has 2 aliphatic heterocycles. The number of hydrogen-bond acceptors (Lipinski definition) is 8. The van der Waals surface area contributed by atoms with Crippen LogP contribution in [0.1, 0.15) is 80.6 Å². The van der Waals surface area contributed by atoms with Gasteiger partial charge in [0.2, 0.25) is 0 Å². The highest BCUT2D eigenvalue weighted by Crippen LogP contribution is 2.55. The largest absolute Gasteiger partial charge is 0.406 e. The fraction of sp³-hybridized carbons (Fsp3) is 0.415. The highest BCUT2D eigenvalue weighted by molar-refractivity contribution is 6.74. The molecule has 266 valence electrons. The summed E-state index contributed by atoms with van der Waals surface area (Å²) in [4.78, 5) is 29.1. The van der Waals surface area contributed by atoms with Gasteiger partial charge in [-0.3, -0.25) is 19.6 Å². The standard InChI is InChI=1S/C41H46N8O2Si/c1-26-10-9-15-48(23-26)24-27-16-29-11-8-12-33-36(29)31(17-27)39(50)49(33)35-20-30(19-34(45-35)41(13-14-41)51-52(6,7)40(2,3)4)37-32(18-28(21-42)22-43-37)38-46-44-25-47(38)5/h8,11-12,16-20,22,25-26H,9-10,13-15,23-24H2,1-7H3/t26-/m0/s1. The van der Waals surface area contributed by atoms with Crippen molar-refractivity contribution in [3.05, 3.63) is 83.4 Å². The summed E-state index contributed by atoms with van der Waals surface area (Å²) in [6, 6.07) is 18.5. The summed E-state index contributed by atoms with van der Waals surface area (Å²) in [5, 5.41) is 20.3. The monoisotopic (exact) mass is 710 g/mol. The quantitative estimate of drug-likeness (QED) is 0.147. The van der Waals surface area contributed by atoms with Crippen molar-refractivity contribution in [2.24, 2.45) is 13.0 Å². The van der Waals surface area contributed by atoms with Crippen molar-refractivity contribution in [2.75, 3.05) is 18.0 Å². The van der Waals surface area contributed by atoms with Crippen LogP contribution in [0.5, 0.6) is 0 Å². The molecule has 5 aromatic rings. The first-order chi connectivity index (χ1) is 24.8. The third-order valence-corrected chi connectivity index (χ3v) is 16.1. The summed E-state index contributed by atoms with van der Waals surface area (Å²) in [5.74, 6) is 1.69. The van der Waals surface area contributed by atoms with Crippen molar-refractivity contribution < 1.29 is 9.22 Å². The van der Waals surface area contributed by atoms with Crippen LogP contribution < -0.4 is 4.90 Å². The van der Waals surface area contributed by atoms with Crippen LogP contribution in [-0.4, -0.2) is 56.9 Å². The molecule has 0 unspecified atom stereocenters. The maximum Gasteiger partial charge on any atom is 0.264 e. The van der Waals surface area contributed by atoms with Gasteiger partial charge in [0.15, 0.2) is 14.1 Å². The van der Waals surface area contributed by atoms with Gasteiger partial charge in [-0.05, 0) is 104 Å². The van der Waals surface area contributed by atoms with Crippen molar-refractivity contribution in [1.29, 1.82) is 5.26 Å². The van der Waals surface area contributed by atoms with E-state index in [4.69, 9.17) is 14.4 Å². The number of hydrogen-bond donors (Lipinski definition) is 0. The molecule has 0 N–H and O–H groups in total. The highest BCUT2D eigenvalue weighted by atomic mass is 28.4. The Morgan fingerprint density at radius 3 is 2.60 bits per heavy atom. The number of carbonyl (C=O) groups excluding carboxylic acids is 1. The number of pyridine rings is 2. The molecule has 5 heterocycles. The third kappa shape index (κ3) is 5.92. The number of benzene rings is 2. The highest BCUT2D eigenvalue weighted by Gasteiger charge is 2.54. The van der Waals surface area contributed by atoms with E-state index in [1.54, 1.807) is 23.5 Å². The molecular formula is C41H46N8O2Si. The van der Waals surface area contributed by atoms with Gasteiger partial charge in [0.25, 0.3) is 5.91 Å². The van der Waals surface area contributed by atoms with Crippen LogP contribution in [0.15, 0.2) is 61.1 Å². The predicted molar refractivity (Wildman–Crippen MR) is 205 cm³/mol. The lowest BCUT2D eigenvalue weighted by molar-refractivity contribution is 0.100. The molecule has 0 bridgehead atoms. The van der Waals surface area contributed by atoms with Crippen molar-refractivity contribution in [2.45, 2.75) is 83.7 Å². The number of carbonyl (C=O) groups is 1. The van der Waals surface area contributed by atoms with Gasteiger partial charge in [0.1, 0.15) is 18.2 Å². The van der Waals surface area contributed by atoms with Crippen LogP contribution in [0.25, 0.3) is 33.4 Å². The van der Waals surface area contributed by atoms with Crippen molar-refractivity contribution in [1.82, 2.24) is 29.6 Å². The van der Waals surface area contributed by atoms with Crippen LogP contribution in [0, 0.1) is 17.2 Å². The first-order valence-corrected chi connectivity index (χ1v) is 21.3. The number of nitrogens with zero attached hydrogens (tertiary/aromatic N) is 8.